The van der Waals surface area contributed by atoms with Crippen LogP contribution in [0.4, 0.5) is 0 Å². The number of benzene rings is 1. The second-order valence-corrected chi connectivity index (χ2v) is 4.80. The monoisotopic (exact) mass is 279 g/mol. The van der Waals surface area contributed by atoms with E-state index in [1.54, 1.807) is 0 Å². The number of hydrogen-bond acceptors (Lipinski definition) is 1. The lowest BCUT2D eigenvalue weighted by Gasteiger charge is -2.21. The maximum atomic E-state index is 6.13. The molecule has 16 heavy (non-hydrogen) atoms. The van der Waals surface area contributed by atoms with Crippen LogP contribution < -0.4 is 0 Å². The molecule has 0 saturated heterocycles. The van der Waals surface area contributed by atoms with E-state index in [9.17, 15) is 0 Å². The van der Waals surface area contributed by atoms with E-state index in [2.05, 4.69) is 11.8 Å². The third-order valence-electron chi connectivity index (χ3n) is 2.50. The second-order valence-electron chi connectivity index (χ2n) is 3.61. The van der Waals surface area contributed by atoms with Gasteiger partial charge in [-0.25, -0.2) is 0 Å². The molecule has 0 aliphatic rings. The summed E-state index contributed by atoms with van der Waals surface area (Å²) in [5.41, 5.74) is 1.00. The molecule has 90 valence electrons. The maximum Gasteiger partial charge on any atom is 0.0465 e. The van der Waals surface area contributed by atoms with Crippen LogP contribution in [0.3, 0.4) is 0 Å². The number of hydrogen-bond donors (Lipinski definition) is 0. The summed E-state index contributed by atoms with van der Waals surface area (Å²) in [7, 11) is 0. The molecule has 0 saturated carbocycles. The predicted octanol–water partition coefficient (Wildman–Crippen LogP) is 4.44. The van der Waals surface area contributed by atoms with E-state index in [-0.39, 0.29) is 0 Å². The molecule has 0 aliphatic heterocycles. The van der Waals surface area contributed by atoms with Gasteiger partial charge in [-0.1, -0.05) is 36.2 Å². The summed E-state index contributed by atoms with van der Waals surface area (Å²) >= 11 is 17.9. The highest BCUT2D eigenvalue weighted by atomic mass is 35.5. The van der Waals surface area contributed by atoms with Crippen LogP contribution in [-0.2, 0) is 6.54 Å². The Morgan fingerprint density at radius 3 is 2.31 bits per heavy atom. The SMILES string of the molecule is CCN(CCCCl)Cc1c(Cl)cccc1Cl. The van der Waals surface area contributed by atoms with Crippen molar-refractivity contribution in [2.45, 2.75) is 19.9 Å². The van der Waals surface area contributed by atoms with Gasteiger partial charge in [-0.05, 0) is 31.6 Å². The summed E-state index contributed by atoms with van der Waals surface area (Å²) in [5, 5.41) is 1.47. The number of alkyl halides is 1. The van der Waals surface area contributed by atoms with E-state index >= 15 is 0 Å². The summed E-state index contributed by atoms with van der Waals surface area (Å²) in [4.78, 5) is 2.29. The highest BCUT2D eigenvalue weighted by Crippen LogP contribution is 2.25. The van der Waals surface area contributed by atoms with E-state index in [4.69, 9.17) is 34.8 Å². The minimum atomic E-state index is 0.687. The first-order valence-corrected chi connectivity index (χ1v) is 6.69. The minimum Gasteiger partial charge on any atom is -0.299 e. The van der Waals surface area contributed by atoms with Crippen molar-refractivity contribution in [3.05, 3.63) is 33.8 Å². The van der Waals surface area contributed by atoms with E-state index in [1.807, 2.05) is 18.2 Å². The van der Waals surface area contributed by atoms with Gasteiger partial charge in [0.25, 0.3) is 0 Å². The Hall–Kier alpha value is 0.0500. The van der Waals surface area contributed by atoms with Crippen LogP contribution >= 0.6 is 34.8 Å². The lowest BCUT2D eigenvalue weighted by Crippen LogP contribution is -2.24. The van der Waals surface area contributed by atoms with Gasteiger partial charge >= 0.3 is 0 Å². The van der Waals surface area contributed by atoms with E-state index in [1.165, 1.54) is 0 Å². The van der Waals surface area contributed by atoms with Gasteiger partial charge in [0.15, 0.2) is 0 Å². The molecule has 0 atom stereocenters. The first-order valence-electron chi connectivity index (χ1n) is 5.40. The van der Waals surface area contributed by atoms with E-state index in [0.29, 0.717) is 5.88 Å². The molecular weight excluding hydrogens is 264 g/mol. The number of rotatable bonds is 6. The summed E-state index contributed by atoms with van der Waals surface area (Å²) in [6.45, 7) is 4.85. The van der Waals surface area contributed by atoms with Crippen LogP contribution in [-0.4, -0.2) is 23.9 Å². The smallest absolute Gasteiger partial charge is 0.0465 e. The Bertz CT molecular complexity index is 308. The molecule has 1 aromatic carbocycles. The van der Waals surface area contributed by atoms with Crippen molar-refractivity contribution in [1.82, 2.24) is 4.90 Å². The first kappa shape index (κ1) is 14.1. The molecule has 0 heterocycles. The van der Waals surface area contributed by atoms with E-state index < -0.39 is 0 Å². The van der Waals surface area contributed by atoms with Crippen molar-refractivity contribution in [2.24, 2.45) is 0 Å². The third kappa shape index (κ3) is 4.14. The van der Waals surface area contributed by atoms with E-state index in [0.717, 1.165) is 41.7 Å². The van der Waals surface area contributed by atoms with Gasteiger partial charge in [-0.3, -0.25) is 4.90 Å². The normalized spacial score (nSPS) is 11.1. The van der Waals surface area contributed by atoms with Gasteiger partial charge in [0.05, 0.1) is 0 Å². The molecule has 1 rings (SSSR count). The van der Waals surface area contributed by atoms with Crippen molar-refractivity contribution in [2.75, 3.05) is 19.0 Å². The molecule has 0 radical (unpaired) electrons. The number of nitrogens with zero attached hydrogens (tertiary/aromatic N) is 1. The molecule has 0 aromatic heterocycles. The first-order chi connectivity index (χ1) is 7.69. The largest absolute Gasteiger partial charge is 0.299 e. The standard InChI is InChI=1S/C12H16Cl3N/c1-2-16(8-4-7-13)9-10-11(14)5-3-6-12(10)15/h3,5-6H,2,4,7-9H2,1H3. The van der Waals surface area contributed by atoms with Crippen LogP contribution in [0.15, 0.2) is 18.2 Å². The highest BCUT2D eigenvalue weighted by Gasteiger charge is 2.09. The van der Waals surface area contributed by atoms with Crippen LogP contribution in [0.5, 0.6) is 0 Å². The fourth-order valence-electron chi connectivity index (χ4n) is 1.54. The maximum absolute atomic E-state index is 6.13. The second kappa shape index (κ2) is 7.39. The Labute approximate surface area is 112 Å². The van der Waals surface area contributed by atoms with Gasteiger partial charge in [0.2, 0.25) is 0 Å². The molecule has 4 heteroatoms. The lowest BCUT2D eigenvalue weighted by molar-refractivity contribution is 0.281. The van der Waals surface area contributed by atoms with Gasteiger partial charge in [0, 0.05) is 28.0 Å². The minimum absolute atomic E-state index is 0.687. The average molecular weight is 281 g/mol. The molecule has 1 nitrogen and oxygen atoms in total. The summed E-state index contributed by atoms with van der Waals surface area (Å²) in [6.07, 6.45) is 0.984. The van der Waals surface area contributed by atoms with Crippen molar-refractivity contribution >= 4 is 34.8 Å². The highest BCUT2D eigenvalue weighted by molar-refractivity contribution is 6.35. The van der Waals surface area contributed by atoms with Crippen LogP contribution in [0.1, 0.15) is 18.9 Å². The predicted molar refractivity (Wildman–Crippen MR) is 72.8 cm³/mol. The van der Waals surface area contributed by atoms with Crippen LogP contribution in [0.2, 0.25) is 10.0 Å². The van der Waals surface area contributed by atoms with Crippen molar-refractivity contribution in [3.8, 4) is 0 Å². The van der Waals surface area contributed by atoms with Crippen molar-refractivity contribution in [1.29, 1.82) is 0 Å². The molecule has 0 N–H and O–H groups in total. The molecule has 0 fully saturated rings. The molecule has 0 spiro atoms. The fraction of sp³-hybridized carbons (Fsp3) is 0.500. The van der Waals surface area contributed by atoms with Gasteiger partial charge in [-0.15, -0.1) is 11.6 Å². The molecule has 0 bridgehead atoms. The lowest BCUT2D eigenvalue weighted by atomic mass is 10.2. The third-order valence-corrected chi connectivity index (χ3v) is 3.47. The summed E-state index contributed by atoms with van der Waals surface area (Å²) in [6, 6.07) is 5.61. The molecule has 1 aromatic rings. The van der Waals surface area contributed by atoms with Gasteiger partial charge in [-0.2, -0.15) is 0 Å². The topological polar surface area (TPSA) is 3.24 Å². The van der Waals surface area contributed by atoms with Gasteiger partial charge in [0.1, 0.15) is 0 Å². The zero-order valence-corrected chi connectivity index (χ0v) is 11.6. The molecule has 0 amide bonds. The Balaban J connectivity index is 2.69. The summed E-state index contributed by atoms with van der Waals surface area (Å²) in [5.74, 6) is 0.687. The average Bonchev–Trinajstić information content (AvgIpc) is 2.28. The fourth-order valence-corrected chi connectivity index (χ4v) is 2.18. The van der Waals surface area contributed by atoms with Crippen LogP contribution in [0.25, 0.3) is 0 Å². The van der Waals surface area contributed by atoms with Gasteiger partial charge < -0.3 is 0 Å². The summed E-state index contributed by atoms with van der Waals surface area (Å²) < 4.78 is 0. The quantitative estimate of drug-likeness (QED) is 0.696. The molecule has 0 unspecified atom stereocenters. The Morgan fingerprint density at radius 2 is 1.81 bits per heavy atom. The Morgan fingerprint density at radius 1 is 1.19 bits per heavy atom. The Kier molecular flexibility index (Phi) is 6.52. The van der Waals surface area contributed by atoms with Crippen molar-refractivity contribution < 1.29 is 0 Å². The van der Waals surface area contributed by atoms with Crippen molar-refractivity contribution in [3.63, 3.8) is 0 Å². The number of halogens is 3. The zero-order valence-electron chi connectivity index (χ0n) is 9.35. The molecular formula is C12H16Cl3N. The zero-order chi connectivity index (χ0) is 12.0. The van der Waals surface area contributed by atoms with Crippen LogP contribution in [0, 0.1) is 0 Å². The molecule has 0 aliphatic carbocycles.